The largest absolute Gasteiger partial charge is 0.478 e. The predicted octanol–water partition coefficient (Wildman–Crippen LogP) is 4.25. The maximum absolute atomic E-state index is 11.3. The van der Waals surface area contributed by atoms with Crippen molar-refractivity contribution in [3.63, 3.8) is 0 Å². The minimum Gasteiger partial charge on any atom is -0.478 e. The maximum atomic E-state index is 11.3. The Morgan fingerprint density at radius 3 is 2.53 bits per heavy atom. The summed E-state index contributed by atoms with van der Waals surface area (Å²) in [5.74, 6) is -1.07. The van der Waals surface area contributed by atoms with Gasteiger partial charge in [0.2, 0.25) is 11.8 Å². The van der Waals surface area contributed by atoms with Crippen LogP contribution in [0.4, 0.5) is 0 Å². The average molecular weight is 422 g/mol. The van der Waals surface area contributed by atoms with Crippen LogP contribution in [0.3, 0.4) is 0 Å². The zero-order valence-corrected chi connectivity index (χ0v) is 17.1. The molecular weight excluding hydrogens is 404 g/mol. The molecule has 0 fully saturated rings. The molecule has 0 saturated heterocycles. The van der Waals surface area contributed by atoms with Crippen molar-refractivity contribution in [2.24, 2.45) is 5.73 Å². The van der Waals surface area contributed by atoms with Crippen molar-refractivity contribution in [1.29, 1.82) is 5.26 Å². The third-order valence-electron chi connectivity index (χ3n) is 5.70. The van der Waals surface area contributed by atoms with E-state index >= 15 is 0 Å². The van der Waals surface area contributed by atoms with Crippen LogP contribution < -0.4 is 10.5 Å². The molecule has 32 heavy (non-hydrogen) atoms. The fraction of sp³-hybridized carbons (Fsp3) is 0.0800. The molecule has 0 bridgehead atoms. The normalized spacial score (nSPS) is 15.2. The van der Waals surface area contributed by atoms with Crippen molar-refractivity contribution >= 4 is 16.7 Å². The highest BCUT2D eigenvalue weighted by Crippen LogP contribution is 2.44. The predicted molar refractivity (Wildman–Crippen MR) is 119 cm³/mol. The Balaban J connectivity index is 1.69. The molecule has 0 aliphatic carbocycles. The lowest BCUT2D eigenvalue weighted by atomic mass is 9.84. The van der Waals surface area contributed by atoms with Crippen molar-refractivity contribution in [3.05, 3.63) is 101 Å². The Kier molecular flexibility index (Phi) is 4.42. The molecule has 0 unspecified atom stereocenters. The summed E-state index contributed by atoms with van der Waals surface area (Å²) in [6.07, 6.45) is 0. The first kappa shape index (κ1) is 19.4. The molecule has 7 heteroatoms. The van der Waals surface area contributed by atoms with Gasteiger partial charge in [0, 0.05) is 0 Å². The van der Waals surface area contributed by atoms with E-state index in [4.69, 9.17) is 15.6 Å². The number of aromatic carboxylic acids is 1. The van der Waals surface area contributed by atoms with Gasteiger partial charge < -0.3 is 15.6 Å². The number of rotatable bonds is 3. The number of aryl methyl sites for hydroxylation is 1. The van der Waals surface area contributed by atoms with E-state index in [0.717, 1.165) is 27.6 Å². The van der Waals surface area contributed by atoms with Crippen molar-refractivity contribution in [1.82, 2.24) is 9.78 Å². The van der Waals surface area contributed by atoms with E-state index in [1.807, 2.05) is 49.4 Å². The Bertz CT molecular complexity index is 1460. The summed E-state index contributed by atoms with van der Waals surface area (Å²) in [7, 11) is 0. The first-order valence-corrected chi connectivity index (χ1v) is 9.97. The summed E-state index contributed by atoms with van der Waals surface area (Å²) in [6, 6.07) is 22.6. The Morgan fingerprint density at radius 1 is 1.12 bits per heavy atom. The summed E-state index contributed by atoms with van der Waals surface area (Å²) in [4.78, 5) is 11.3. The SMILES string of the molecule is Cc1nn(-c2ccc3ccccc3c2)c2c1[C@H](c1ccc(C(=O)O)cc1)C(C#N)=C(N)O2. The van der Waals surface area contributed by atoms with Gasteiger partial charge >= 0.3 is 5.97 Å². The van der Waals surface area contributed by atoms with Gasteiger partial charge in [-0.3, -0.25) is 0 Å². The second-order valence-electron chi connectivity index (χ2n) is 7.60. The molecule has 4 aromatic rings. The van der Waals surface area contributed by atoms with Gasteiger partial charge in [-0.1, -0.05) is 42.5 Å². The van der Waals surface area contributed by atoms with Crippen LogP contribution in [0, 0.1) is 18.3 Å². The molecule has 3 N–H and O–H groups in total. The molecule has 2 heterocycles. The van der Waals surface area contributed by atoms with Gasteiger partial charge in [0.15, 0.2) is 0 Å². The highest BCUT2D eigenvalue weighted by molar-refractivity contribution is 5.87. The van der Waals surface area contributed by atoms with E-state index in [-0.39, 0.29) is 17.0 Å². The van der Waals surface area contributed by atoms with E-state index in [9.17, 15) is 15.2 Å². The van der Waals surface area contributed by atoms with Gasteiger partial charge in [0.1, 0.15) is 11.6 Å². The number of carboxylic acid groups (broad SMARTS) is 1. The van der Waals surface area contributed by atoms with Crippen LogP contribution in [-0.4, -0.2) is 20.9 Å². The van der Waals surface area contributed by atoms with Crippen LogP contribution in [0.5, 0.6) is 5.88 Å². The molecule has 7 nitrogen and oxygen atoms in total. The van der Waals surface area contributed by atoms with Gasteiger partial charge in [0.25, 0.3) is 0 Å². The highest BCUT2D eigenvalue weighted by atomic mass is 16.5. The summed E-state index contributed by atoms with van der Waals surface area (Å²) in [6.45, 7) is 1.86. The van der Waals surface area contributed by atoms with Gasteiger partial charge in [-0.25, -0.2) is 9.48 Å². The zero-order chi connectivity index (χ0) is 22.4. The standard InChI is InChI=1S/C25H18N4O3/c1-14-21-22(16-6-8-17(9-7-16)25(30)31)20(13-26)23(27)32-24(21)29(28-14)19-11-10-15-4-2-3-5-18(15)12-19/h2-12,22H,27H2,1H3,(H,30,31)/t22-/m1/s1. The smallest absolute Gasteiger partial charge is 0.335 e. The van der Waals surface area contributed by atoms with E-state index in [1.54, 1.807) is 16.8 Å². The van der Waals surface area contributed by atoms with Crippen molar-refractivity contribution in [2.75, 3.05) is 0 Å². The Labute approximate surface area is 183 Å². The highest BCUT2D eigenvalue weighted by Gasteiger charge is 2.36. The molecule has 0 saturated carbocycles. The topological polar surface area (TPSA) is 114 Å². The van der Waals surface area contributed by atoms with Crippen molar-refractivity contribution in [2.45, 2.75) is 12.8 Å². The first-order chi connectivity index (χ1) is 15.5. The molecule has 3 aromatic carbocycles. The van der Waals surface area contributed by atoms with Crippen LogP contribution in [0.25, 0.3) is 16.5 Å². The molecule has 1 atom stereocenters. The van der Waals surface area contributed by atoms with Crippen LogP contribution >= 0.6 is 0 Å². The van der Waals surface area contributed by atoms with Gasteiger partial charge in [0.05, 0.1) is 28.4 Å². The van der Waals surface area contributed by atoms with Crippen molar-refractivity contribution < 1.29 is 14.6 Å². The lowest BCUT2D eigenvalue weighted by molar-refractivity contribution is 0.0697. The van der Waals surface area contributed by atoms with Gasteiger partial charge in [-0.05, 0) is 47.5 Å². The number of allylic oxidation sites excluding steroid dienone is 1. The molecule has 0 spiro atoms. The Morgan fingerprint density at radius 2 is 1.84 bits per heavy atom. The van der Waals surface area contributed by atoms with E-state index in [2.05, 4.69) is 6.07 Å². The zero-order valence-electron chi connectivity index (χ0n) is 17.1. The minimum atomic E-state index is -1.01. The maximum Gasteiger partial charge on any atom is 0.335 e. The number of carbonyl (C=O) groups is 1. The third-order valence-corrected chi connectivity index (χ3v) is 5.70. The number of hydrogen-bond acceptors (Lipinski definition) is 5. The molecule has 1 aliphatic heterocycles. The fourth-order valence-electron chi connectivity index (χ4n) is 4.15. The second kappa shape index (κ2) is 7.29. The number of nitrogens with two attached hydrogens (primary N) is 1. The molecule has 1 aromatic heterocycles. The molecule has 156 valence electrons. The summed E-state index contributed by atoms with van der Waals surface area (Å²) >= 11 is 0. The minimum absolute atomic E-state index is 0.00857. The monoisotopic (exact) mass is 422 g/mol. The fourth-order valence-corrected chi connectivity index (χ4v) is 4.15. The molecular formula is C25H18N4O3. The molecule has 5 rings (SSSR count). The quantitative estimate of drug-likeness (QED) is 0.510. The lowest BCUT2D eigenvalue weighted by Crippen LogP contribution is -2.22. The number of aromatic nitrogens is 2. The number of hydrogen-bond donors (Lipinski definition) is 2. The number of nitrogens with zero attached hydrogens (tertiary/aromatic N) is 3. The van der Waals surface area contributed by atoms with Crippen molar-refractivity contribution in [3.8, 4) is 17.6 Å². The van der Waals surface area contributed by atoms with Crippen LogP contribution in [0.15, 0.2) is 78.2 Å². The molecule has 0 radical (unpaired) electrons. The molecule has 1 aliphatic rings. The van der Waals surface area contributed by atoms with E-state index in [1.165, 1.54) is 12.1 Å². The second-order valence-corrected chi connectivity index (χ2v) is 7.60. The number of nitriles is 1. The molecule has 0 amide bonds. The van der Waals surface area contributed by atoms with Gasteiger partial charge in [-0.15, -0.1) is 0 Å². The third kappa shape index (κ3) is 2.97. The van der Waals surface area contributed by atoms with Crippen LogP contribution in [0.1, 0.15) is 33.1 Å². The first-order valence-electron chi connectivity index (χ1n) is 9.97. The van der Waals surface area contributed by atoms with Crippen LogP contribution in [-0.2, 0) is 0 Å². The number of ether oxygens (including phenoxy) is 1. The summed E-state index contributed by atoms with van der Waals surface area (Å²) in [5, 5.41) is 25.9. The summed E-state index contributed by atoms with van der Waals surface area (Å²) < 4.78 is 7.60. The number of fused-ring (bicyclic) bond motifs is 2. The average Bonchev–Trinajstić information content (AvgIpc) is 3.13. The van der Waals surface area contributed by atoms with E-state index < -0.39 is 11.9 Å². The number of benzene rings is 3. The Hall–Kier alpha value is -4.57. The summed E-state index contributed by atoms with van der Waals surface area (Å²) in [5.41, 5.74) is 9.56. The van der Waals surface area contributed by atoms with Gasteiger partial charge in [-0.2, -0.15) is 10.4 Å². The van der Waals surface area contributed by atoms with E-state index in [0.29, 0.717) is 11.6 Å². The number of carboxylic acids is 1. The lowest BCUT2D eigenvalue weighted by Gasteiger charge is -2.25. The van der Waals surface area contributed by atoms with Crippen LogP contribution in [0.2, 0.25) is 0 Å².